The van der Waals surface area contributed by atoms with Gasteiger partial charge in [-0.25, -0.2) is 71.3 Å². The van der Waals surface area contributed by atoms with Gasteiger partial charge < -0.3 is 34.1 Å². The van der Waals surface area contributed by atoms with Crippen molar-refractivity contribution in [1.29, 1.82) is 5.26 Å². The molecule has 0 radical (unpaired) electrons. The van der Waals surface area contributed by atoms with E-state index in [4.69, 9.17) is 0 Å². The van der Waals surface area contributed by atoms with E-state index in [1.54, 1.807) is 113 Å². The number of rotatable bonds is 27. The minimum atomic E-state index is -3.97. The number of benzene rings is 8. The number of carbonyl (C=O) groups is 4. The maximum Gasteiger partial charge on any atom is 0.335 e. The molecule has 0 atom stereocenters. The van der Waals surface area contributed by atoms with Gasteiger partial charge in [0.1, 0.15) is 24.0 Å². The number of aromatic nitrogens is 8. The van der Waals surface area contributed by atoms with E-state index < -0.39 is 80.6 Å². The largest absolute Gasteiger partial charge is 0.478 e. The maximum absolute atomic E-state index is 15.0. The van der Waals surface area contributed by atoms with Crippen LogP contribution in [0.4, 0.5) is 8.78 Å². The number of aromatic carboxylic acids is 4. The first-order valence-corrected chi connectivity index (χ1v) is 47.8. The number of carboxylic acids is 4. The van der Waals surface area contributed by atoms with Crippen LogP contribution in [0.1, 0.15) is 184 Å². The first kappa shape index (κ1) is 88.2. The summed E-state index contributed by atoms with van der Waals surface area (Å²) in [5.41, 5.74) is 10.2. The summed E-state index contributed by atoms with van der Waals surface area (Å²) in [7, 11) is -11.9. The molecule has 4 N–H and O–H groups in total. The van der Waals surface area contributed by atoms with Crippen LogP contribution in [0.25, 0.3) is 51.0 Å². The maximum atomic E-state index is 15.0. The highest BCUT2D eigenvalue weighted by Gasteiger charge is 2.38. The van der Waals surface area contributed by atoms with Crippen molar-refractivity contribution in [2.75, 3.05) is 6.54 Å². The van der Waals surface area contributed by atoms with Gasteiger partial charge in [0, 0.05) is 110 Å². The first-order valence-electron chi connectivity index (χ1n) is 41.2. The molecule has 4 saturated carbocycles. The number of sulfone groups is 4. The number of nitrogens with zero attached hydrogens (tertiary/aromatic N) is 11. The summed E-state index contributed by atoms with van der Waals surface area (Å²) in [6.07, 6.45) is 28.4. The van der Waals surface area contributed by atoms with Gasteiger partial charge in [-0.1, -0.05) is 36.4 Å². The second-order valence-electron chi connectivity index (χ2n) is 32.2. The molecule has 0 saturated heterocycles. The lowest BCUT2D eigenvalue weighted by atomic mass is 10.0. The molecule has 0 unspecified atom stereocenters. The molecule has 4 aliphatic carbocycles. The zero-order valence-electron chi connectivity index (χ0n) is 69.4. The van der Waals surface area contributed by atoms with Crippen molar-refractivity contribution in [2.45, 2.75) is 124 Å². The Balaban J connectivity index is 0.000000126. The van der Waals surface area contributed by atoms with Gasteiger partial charge in [0.05, 0.1) is 94.0 Å². The van der Waals surface area contributed by atoms with Gasteiger partial charge in [-0.2, -0.15) is 15.5 Å². The van der Waals surface area contributed by atoms with E-state index in [0.717, 1.165) is 85.6 Å². The number of aliphatic imine (C=N–C) groups is 2. The van der Waals surface area contributed by atoms with Gasteiger partial charge in [0.2, 0.25) is 0 Å². The third-order valence-corrected chi connectivity index (χ3v) is 30.0. The lowest BCUT2D eigenvalue weighted by molar-refractivity contribution is 0.0685. The number of hydrogen-bond donors (Lipinski definition) is 4. The van der Waals surface area contributed by atoms with Crippen molar-refractivity contribution < 1.29 is 82.1 Å². The van der Waals surface area contributed by atoms with E-state index in [9.17, 15) is 82.9 Å². The summed E-state index contributed by atoms with van der Waals surface area (Å²) in [4.78, 5) is 58.8. The third-order valence-electron chi connectivity index (χ3n) is 23.1. The van der Waals surface area contributed by atoms with Crippen molar-refractivity contribution in [2.24, 2.45) is 24.1 Å². The van der Waals surface area contributed by atoms with Gasteiger partial charge in [-0.05, 0) is 277 Å². The lowest BCUT2D eigenvalue weighted by Crippen LogP contribution is -2.12. The average Bonchev–Trinajstić information content (AvgIpc) is 1.57. The van der Waals surface area contributed by atoms with E-state index >= 15 is 4.39 Å². The second kappa shape index (κ2) is 36.3. The Morgan fingerprint density at radius 3 is 1.22 bits per heavy atom. The molecule has 5 aromatic heterocycles. The fraction of sp³-hybridized carbons (Fsp3) is 0.208. The summed E-state index contributed by atoms with van der Waals surface area (Å²) in [5, 5.41) is 55.1. The minimum Gasteiger partial charge on any atom is -0.478 e. The second-order valence-corrected chi connectivity index (χ2v) is 40.1. The molecule has 0 spiro atoms. The van der Waals surface area contributed by atoms with Crippen LogP contribution in [0.3, 0.4) is 0 Å². The van der Waals surface area contributed by atoms with Crippen molar-refractivity contribution in [3.63, 3.8) is 0 Å². The monoisotopic (exact) mass is 1810 g/mol. The molecule has 0 amide bonds. The Bertz CT molecular complexity index is 7100. The van der Waals surface area contributed by atoms with E-state index in [1.807, 2.05) is 108 Å². The Kier molecular flexibility index (Phi) is 24.8. The quantitative estimate of drug-likeness (QED) is 0.0371. The molecule has 0 bridgehead atoms. The lowest BCUT2D eigenvalue weighted by Gasteiger charge is -2.16. The van der Waals surface area contributed by atoms with Crippen LogP contribution in [0.15, 0.2) is 267 Å². The van der Waals surface area contributed by atoms with E-state index in [2.05, 4.69) is 25.2 Å². The summed E-state index contributed by atoms with van der Waals surface area (Å²) < 4.78 is 147. The molecule has 2 aliphatic heterocycles. The Hall–Kier alpha value is -14.2. The SMILES string of the molecule is Cn1nccc1-c1ccc(-n2cccc2)c(CS(=O)(=O)c2cc(C(=O)O)ccc2C2CC2)c1.Cn1ncnc1-c1ccc(-n2cccc2)c(CS(=O)(=O)c2cc(C(=O)O)ccc2C2CC2)c1.N#Cc1cc(CS(=O)(=O)c2cc(C(=O)O)ccc2C2CC2)c(C2=CCC=N2)cc1F.O=C(O)c1ccc(C2CC2)c(S(=O)(=O)Cc2cc(C3=CC=NC3)c(F)cc2-n2cccc2)c1. The molecule has 27 nitrogen and oxygen atoms in total. The van der Waals surface area contributed by atoms with Gasteiger partial charge >= 0.3 is 23.9 Å². The number of allylic oxidation sites excluding steroid dienone is 2. The van der Waals surface area contributed by atoms with Crippen molar-refractivity contribution >= 4 is 86.9 Å². The molecule has 19 rings (SSSR count). The van der Waals surface area contributed by atoms with Crippen LogP contribution in [0.5, 0.6) is 0 Å². The van der Waals surface area contributed by atoms with E-state index in [1.165, 1.54) is 67.0 Å². The van der Waals surface area contributed by atoms with Crippen LogP contribution < -0.4 is 0 Å². The number of aryl methyl sites for hydroxylation is 2. The smallest absolute Gasteiger partial charge is 0.335 e. The summed E-state index contributed by atoms with van der Waals surface area (Å²) >= 11 is 0. The molecule has 13 aromatic rings. The predicted octanol–water partition coefficient (Wildman–Crippen LogP) is 16.9. The molecule has 656 valence electrons. The highest BCUT2D eigenvalue weighted by molar-refractivity contribution is 7.91. The van der Waals surface area contributed by atoms with Gasteiger partial charge in [-0.3, -0.25) is 14.7 Å². The number of carboxylic acid groups (broad SMARTS) is 4. The molecular formula is C96H83F2N11O16S4. The highest BCUT2D eigenvalue weighted by Crippen LogP contribution is 2.48. The standard InChI is InChI=1S/C25H21FN2O4S.C25H23N3O4S.C24H22N4O4S.C22H17FN2O4S/c26-22-13-23(28-9-1-2-10-28)19(11-21(22)18-7-8-27-14-18)15-33(31,32)24-12-17(25(29)30)5-6-20(24)16-3-4-16;1-27-22(10-11-26-27)18-7-9-23(28-12-2-3-13-28)20(14-18)16-33(31,32)24-15-19(25(29)30)6-8-21(24)17-4-5-17;1-27-23(25-15-26-27)17-7-9-21(28-10-2-3-11-28)19(12-17)14-33(31,32)22-13-18(24(29)30)6-8-20(22)16-4-5-16;23-19-10-18(20-2-1-7-25-20)16(8-15(19)11-24)12-30(28,29)21-9-14(22(26)27)5-6-17(21)13-3-4-13/h1-2,5-13,16H,3-4,14-15H2,(H,29,30);2-3,6-15,17H,4-5,16H2,1H3,(H,29,30);2-3,6-13,15-16H,4-5,14H2,1H3,(H,29,30);2,5-10,13H,1,3-4,12H2,(H,26,27). The predicted molar refractivity (Wildman–Crippen MR) is 478 cm³/mol. The zero-order valence-corrected chi connectivity index (χ0v) is 72.6. The van der Waals surface area contributed by atoms with Crippen LogP contribution >= 0.6 is 0 Å². The average molecular weight is 1810 g/mol. The zero-order chi connectivity index (χ0) is 91.0. The normalized spacial score (nSPS) is 14.7. The third kappa shape index (κ3) is 19.7. The van der Waals surface area contributed by atoms with Crippen molar-refractivity contribution in [3.05, 3.63) is 333 Å². The van der Waals surface area contributed by atoms with Crippen molar-refractivity contribution in [3.8, 4) is 45.8 Å². The van der Waals surface area contributed by atoms with Crippen LogP contribution in [0, 0.1) is 23.0 Å². The molecule has 33 heteroatoms. The fourth-order valence-corrected chi connectivity index (χ4v) is 22.8. The number of nitriles is 1. The number of hydrogen-bond acceptors (Lipinski definition) is 18. The Labute approximate surface area is 741 Å². The Morgan fingerprint density at radius 1 is 0.450 bits per heavy atom. The molecule has 6 aliphatic rings. The molecule has 4 fully saturated rings. The topological polar surface area (TPSA) is 398 Å². The summed E-state index contributed by atoms with van der Waals surface area (Å²) in [5.74, 6) is -6.12. The van der Waals surface area contributed by atoms with E-state index in [-0.39, 0.29) is 93.9 Å². The molecular weight excluding hydrogens is 1730 g/mol. The van der Waals surface area contributed by atoms with Crippen LogP contribution in [0.2, 0.25) is 0 Å². The molecule has 129 heavy (non-hydrogen) atoms. The first-order chi connectivity index (χ1) is 61.8. The molecule has 8 aromatic carbocycles. The minimum absolute atomic E-state index is 0.0211. The number of halogens is 2. The van der Waals surface area contributed by atoms with Gasteiger partial charge in [0.25, 0.3) is 0 Å². The van der Waals surface area contributed by atoms with E-state index in [0.29, 0.717) is 85.8 Å². The molecule has 7 heterocycles. The van der Waals surface area contributed by atoms with Crippen LogP contribution in [-0.4, -0.2) is 135 Å². The Morgan fingerprint density at radius 2 is 0.860 bits per heavy atom. The summed E-state index contributed by atoms with van der Waals surface area (Å²) in [6, 6.07) is 48.6. The van der Waals surface area contributed by atoms with Gasteiger partial charge in [0.15, 0.2) is 45.2 Å². The van der Waals surface area contributed by atoms with Crippen LogP contribution in [-0.2, 0) is 76.5 Å². The fourth-order valence-electron chi connectivity index (χ4n) is 16.0. The van der Waals surface area contributed by atoms with Crippen molar-refractivity contribution in [1.82, 2.24) is 38.2 Å². The summed E-state index contributed by atoms with van der Waals surface area (Å²) in [6.45, 7) is 0.332. The van der Waals surface area contributed by atoms with Gasteiger partial charge in [-0.15, -0.1) is 0 Å². The highest BCUT2D eigenvalue weighted by atomic mass is 32.2.